The molecule has 0 bridgehead atoms. The van der Waals surface area contributed by atoms with E-state index in [1.807, 2.05) is 0 Å². The Labute approximate surface area is 201 Å². The number of hydrogen-bond acceptors (Lipinski definition) is 3. The van der Waals surface area contributed by atoms with Gasteiger partial charge in [-0.05, 0) is 41.5 Å². The maximum atomic E-state index is 13.7. The van der Waals surface area contributed by atoms with Crippen LogP contribution in [0.2, 0.25) is 0 Å². The average molecular weight is 545 g/mol. The van der Waals surface area contributed by atoms with Crippen LogP contribution in [0.3, 0.4) is 0 Å². The summed E-state index contributed by atoms with van der Waals surface area (Å²) >= 11 is 0. The van der Waals surface area contributed by atoms with Crippen molar-refractivity contribution < 1.29 is 44.3 Å². The zero-order valence-corrected chi connectivity index (χ0v) is 18.7. The lowest BCUT2D eigenvalue weighted by atomic mass is 9.90. The summed E-state index contributed by atoms with van der Waals surface area (Å²) in [5.74, 6) is -0.597. The van der Waals surface area contributed by atoms with E-state index in [1.54, 1.807) is 4.90 Å². The molecule has 14 heteroatoms. The third-order valence-corrected chi connectivity index (χ3v) is 4.93. The monoisotopic (exact) mass is 544 g/mol. The lowest BCUT2D eigenvalue weighted by molar-refractivity contribution is -0.274. The number of rotatable bonds is 4. The van der Waals surface area contributed by atoms with Gasteiger partial charge in [0.05, 0.1) is 17.2 Å². The van der Waals surface area contributed by atoms with Gasteiger partial charge < -0.3 is 10.1 Å². The number of nitrogens with zero attached hydrogens (tertiary/aromatic N) is 1. The normalized spacial score (nSPS) is 16.3. The van der Waals surface area contributed by atoms with Crippen molar-refractivity contribution in [1.29, 1.82) is 0 Å². The molecule has 2 aromatic carbocycles. The summed E-state index contributed by atoms with van der Waals surface area (Å²) in [5.41, 5.74) is -3.02. The van der Waals surface area contributed by atoms with Gasteiger partial charge in [0, 0.05) is 26.2 Å². The SMILES string of the molecule is Cl.Cl.FC(F)(F)Oc1ccc([C@H](c2cc(C(F)(F)F)ccc2C(F)(F)F)N2CCNCC2)cc1. The number of hydrogen-bond donors (Lipinski definition) is 1. The fourth-order valence-corrected chi connectivity index (χ4v) is 3.60. The van der Waals surface area contributed by atoms with Crippen LogP contribution in [-0.2, 0) is 12.4 Å². The third kappa shape index (κ3) is 7.56. The van der Waals surface area contributed by atoms with Gasteiger partial charge in [0.1, 0.15) is 5.75 Å². The summed E-state index contributed by atoms with van der Waals surface area (Å²) in [6, 6.07) is 4.00. The Balaban J connectivity index is 0.00000289. The van der Waals surface area contributed by atoms with Gasteiger partial charge in [-0.25, -0.2) is 0 Å². The molecule has 1 heterocycles. The molecule has 3 nitrogen and oxygen atoms in total. The molecule has 1 atom stereocenters. The Morgan fingerprint density at radius 2 is 1.32 bits per heavy atom. The highest BCUT2D eigenvalue weighted by Gasteiger charge is 2.40. The number of ether oxygens (including phenoxy) is 1. The zero-order chi connectivity index (χ0) is 23.7. The van der Waals surface area contributed by atoms with E-state index in [0.717, 1.165) is 24.3 Å². The standard InChI is InChI=1S/C20H17F9N2O.2ClH/c21-18(22,23)13-3-6-16(19(24,25)26)15(11-13)17(31-9-7-30-8-10-31)12-1-4-14(5-2-12)32-20(27,28)29;;/h1-6,11,17,30H,7-10H2;2*1H/t17-;;/m1../s1. The first kappa shape index (κ1) is 30.1. The van der Waals surface area contributed by atoms with Crippen molar-refractivity contribution in [1.82, 2.24) is 10.2 Å². The topological polar surface area (TPSA) is 24.5 Å². The number of alkyl halides is 9. The minimum Gasteiger partial charge on any atom is -0.406 e. The number of piperazine rings is 1. The van der Waals surface area contributed by atoms with Gasteiger partial charge in [0.2, 0.25) is 0 Å². The minimum absolute atomic E-state index is 0. The number of benzene rings is 2. The molecule has 1 aliphatic rings. The number of nitrogens with one attached hydrogen (secondary N) is 1. The van der Waals surface area contributed by atoms with Gasteiger partial charge >= 0.3 is 18.7 Å². The molecule has 34 heavy (non-hydrogen) atoms. The van der Waals surface area contributed by atoms with Crippen LogP contribution in [0.4, 0.5) is 39.5 Å². The van der Waals surface area contributed by atoms with E-state index in [2.05, 4.69) is 10.1 Å². The summed E-state index contributed by atoms with van der Waals surface area (Å²) in [5, 5.41) is 3.00. The van der Waals surface area contributed by atoms with E-state index in [-0.39, 0.29) is 43.5 Å². The van der Waals surface area contributed by atoms with E-state index in [1.165, 1.54) is 0 Å². The Morgan fingerprint density at radius 1 is 0.765 bits per heavy atom. The Hall–Kier alpha value is -1.89. The minimum atomic E-state index is -4.97. The highest BCUT2D eigenvalue weighted by Crippen LogP contribution is 2.42. The van der Waals surface area contributed by atoms with Gasteiger partial charge in [-0.1, -0.05) is 12.1 Å². The van der Waals surface area contributed by atoms with Gasteiger partial charge in [0.15, 0.2) is 0 Å². The van der Waals surface area contributed by atoms with E-state index in [9.17, 15) is 39.5 Å². The molecule has 1 aliphatic heterocycles. The van der Waals surface area contributed by atoms with Gasteiger partial charge in [0.25, 0.3) is 0 Å². The molecular weight excluding hydrogens is 526 g/mol. The zero-order valence-electron chi connectivity index (χ0n) is 17.0. The molecule has 1 N–H and O–H groups in total. The molecule has 1 fully saturated rings. The molecule has 0 unspecified atom stereocenters. The number of halogens is 11. The second-order valence-corrected chi connectivity index (χ2v) is 7.10. The van der Waals surface area contributed by atoms with Crippen LogP contribution in [0.1, 0.15) is 28.3 Å². The average Bonchev–Trinajstić information content (AvgIpc) is 2.68. The summed E-state index contributed by atoms with van der Waals surface area (Å²) in [6.07, 6.45) is -14.8. The molecular formula is C20H19Cl2F9N2O. The van der Waals surface area contributed by atoms with Crippen molar-refractivity contribution in [2.24, 2.45) is 0 Å². The van der Waals surface area contributed by atoms with E-state index in [0.29, 0.717) is 31.3 Å². The molecule has 3 rings (SSSR count). The van der Waals surface area contributed by atoms with Crippen molar-refractivity contribution in [3.8, 4) is 5.75 Å². The summed E-state index contributed by atoms with van der Waals surface area (Å²) < 4.78 is 122. The highest BCUT2D eigenvalue weighted by molar-refractivity contribution is 5.85. The maximum Gasteiger partial charge on any atom is 0.573 e. The van der Waals surface area contributed by atoms with Crippen LogP contribution in [0.5, 0.6) is 5.75 Å². The first-order chi connectivity index (χ1) is 14.8. The van der Waals surface area contributed by atoms with Gasteiger partial charge in [-0.15, -0.1) is 38.0 Å². The van der Waals surface area contributed by atoms with Crippen LogP contribution >= 0.6 is 24.8 Å². The highest BCUT2D eigenvalue weighted by atomic mass is 35.5. The Kier molecular flexibility index (Phi) is 9.96. The van der Waals surface area contributed by atoms with Crippen molar-refractivity contribution >= 4 is 24.8 Å². The van der Waals surface area contributed by atoms with E-state index >= 15 is 0 Å². The lowest BCUT2D eigenvalue weighted by Crippen LogP contribution is -2.45. The second-order valence-electron chi connectivity index (χ2n) is 7.10. The molecule has 0 amide bonds. The first-order valence-corrected chi connectivity index (χ1v) is 9.34. The van der Waals surface area contributed by atoms with Crippen LogP contribution in [0, 0.1) is 0 Å². The van der Waals surface area contributed by atoms with E-state index in [4.69, 9.17) is 0 Å². The van der Waals surface area contributed by atoms with Gasteiger partial charge in [-0.2, -0.15) is 26.3 Å². The van der Waals surface area contributed by atoms with Crippen LogP contribution in [0.25, 0.3) is 0 Å². The molecule has 0 saturated carbocycles. The first-order valence-electron chi connectivity index (χ1n) is 9.34. The Morgan fingerprint density at radius 3 is 1.79 bits per heavy atom. The van der Waals surface area contributed by atoms with Crippen LogP contribution in [-0.4, -0.2) is 37.4 Å². The summed E-state index contributed by atoms with van der Waals surface area (Å²) in [4.78, 5) is 1.56. The van der Waals surface area contributed by atoms with Crippen LogP contribution < -0.4 is 10.1 Å². The quantitative estimate of drug-likeness (QED) is 0.447. The smallest absolute Gasteiger partial charge is 0.406 e. The predicted octanol–water partition coefficient (Wildman–Crippen LogP) is 6.46. The predicted molar refractivity (Wildman–Crippen MR) is 110 cm³/mol. The van der Waals surface area contributed by atoms with Crippen molar-refractivity contribution in [2.75, 3.05) is 26.2 Å². The van der Waals surface area contributed by atoms with Gasteiger partial charge in [-0.3, -0.25) is 4.90 Å². The fourth-order valence-electron chi connectivity index (χ4n) is 3.60. The van der Waals surface area contributed by atoms with Crippen molar-refractivity contribution in [2.45, 2.75) is 24.8 Å². The molecule has 2 aromatic rings. The molecule has 0 radical (unpaired) electrons. The molecule has 0 aliphatic carbocycles. The van der Waals surface area contributed by atoms with E-state index < -0.39 is 47.2 Å². The van der Waals surface area contributed by atoms with Crippen molar-refractivity contribution in [3.05, 3.63) is 64.7 Å². The lowest BCUT2D eigenvalue weighted by Gasteiger charge is -2.37. The van der Waals surface area contributed by atoms with Crippen molar-refractivity contribution in [3.63, 3.8) is 0 Å². The summed E-state index contributed by atoms with van der Waals surface area (Å²) in [7, 11) is 0. The molecule has 0 aromatic heterocycles. The third-order valence-electron chi connectivity index (χ3n) is 4.93. The van der Waals surface area contributed by atoms with Crippen LogP contribution in [0.15, 0.2) is 42.5 Å². The molecule has 1 saturated heterocycles. The Bertz CT molecular complexity index is 926. The fraction of sp³-hybridized carbons (Fsp3) is 0.400. The molecule has 192 valence electrons. The second kappa shape index (κ2) is 11.2. The largest absolute Gasteiger partial charge is 0.573 e. The maximum absolute atomic E-state index is 13.7. The molecule has 0 spiro atoms. The summed E-state index contributed by atoms with van der Waals surface area (Å²) in [6.45, 7) is 1.20.